The quantitative estimate of drug-likeness (QED) is 0.0262. The topological polar surface area (TPSA) is 419 Å². The van der Waals surface area contributed by atoms with Crippen molar-refractivity contribution in [2.24, 2.45) is 17.8 Å². The normalized spacial score (nSPS) is 38.1. The zero-order valence-electron chi connectivity index (χ0n) is 48.7. The van der Waals surface area contributed by atoms with Crippen molar-refractivity contribution >= 4 is 33.1 Å². The molecule has 6 heterocycles. The van der Waals surface area contributed by atoms with Gasteiger partial charge >= 0.3 is 15.4 Å². The maximum absolute atomic E-state index is 14.2. The van der Waals surface area contributed by atoms with E-state index < -0.39 is 182 Å². The van der Waals surface area contributed by atoms with Crippen LogP contribution in [0.1, 0.15) is 92.4 Å². The first kappa shape index (κ1) is 71.1. The van der Waals surface area contributed by atoms with E-state index in [0.29, 0.717) is 0 Å². The van der Waals surface area contributed by atoms with Gasteiger partial charge in [-0.25, -0.2) is 4.57 Å². The minimum atomic E-state index is -4.95. The molecule has 6 aliphatic heterocycles. The zero-order chi connectivity index (χ0) is 61.8. The number of rotatable bonds is 31. The van der Waals surface area contributed by atoms with E-state index in [1.807, 2.05) is 13.8 Å². The predicted molar refractivity (Wildman–Crippen MR) is 289 cm³/mol. The Kier molecular flexibility index (Phi) is 27.6. The van der Waals surface area contributed by atoms with Gasteiger partial charge in [0.25, 0.3) is 0 Å². The molecule has 0 bridgehead atoms. The molecule has 488 valence electrons. The Balaban J connectivity index is 1.03. The number of hydrogen-bond donors (Lipinski definition) is 11. The van der Waals surface area contributed by atoms with Crippen LogP contribution in [-0.2, 0) is 74.8 Å². The summed E-state index contributed by atoms with van der Waals surface area (Å²) in [5.74, 6) is -3.09. The van der Waals surface area contributed by atoms with Crippen LogP contribution in [0.3, 0.4) is 0 Å². The number of hydrogen-bond acceptors (Lipinski definition) is 26. The van der Waals surface area contributed by atoms with Gasteiger partial charge in [0.2, 0.25) is 17.7 Å². The molecule has 0 aromatic heterocycles. The Morgan fingerprint density at radius 1 is 0.524 bits per heavy atom. The summed E-state index contributed by atoms with van der Waals surface area (Å²) in [7, 11) is -8.94. The van der Waals surface area contributed by atoms with E-state index in [1.54, 1.807) is 25.7 Å². The molecule has 32 heteroatoms. The monoisotopic (exact) mass is 1250 g/mol. The van der Waals surface area contributed by atoms with E-state index in [9.17, 15) is 79.5 Å². The Labute approximate surface area is 489 Å². The number of phosphoric ester groups is 1. The van der Waals surface area contributed by atoms with E-state index in [2.05, 4.69) is 0 Å². The smallest absolute Gasteiger partial charge is 0.394 e. The summed E-state index contributed by atoms with van der Waals surface area (Å²) >= 11 is 0. The van der Waals surface area contributed by atoms with Gasteiger partial charge in [-0.3, -0.25) is 28.0 Å². The van der Waals surface area contributed by atoms with Crippen molar-refractivity contribution in [2.75, 3.05) is 85.8 Å². The fraction of sp³-hybridized carbons (Fsp3) is 0.942. The number of nitrogens with zero attached hydrogens (tertiary/aromatic N) is 3. The highest BCUT2D eigenvalue weighted by molar-refractivity contribution is 7.53. The predicted octanol–water partition coefficient (Wildman–Crippen LogP) is -2.08. The largest absolute Gasteiger partial charge is 0.472 e. The van der Waals surface area contributed by atoms with Crippen molar-refractivity contribution in [3.05, 3.63) is 0 Å². The first-order chi connectivity index (χ1) is 39.7. The molecule has 6 aliphatic rings. The highest BCUT2D eigenvalue weighted by Gasteiger charge is 2.47. The zero-order valence-corrected chi connectivity index (χ0v) is 50.5. The summed E-state index contributed by atoms with van der Waals surface area (Å²) in [6, 6.07) is -2.20. The minimum Gasteiger partial charge on any atom is -0.394 e. The lowest BCUT2D eigenvalue weighted by Gasteiger charge is -2.40. The number of aliphatic hydroxyl groups is 10. The van der Waals surface area contributed by atoms with Gasteiger partial charge in [0.1, 0.15) is 36.6 Å². The van der Waals surface area contributed by atoms with E-state index in [4.69, 9.17) is 51.3 Å². The SMILES string of the molecule is CC(C)OC[C@@H]1C[C@@H](OP(C)(=O)OC[C@@H]2C[C@@H](OP(=O)(O)OC[C@@H]3C[C@@H](O)CN3C(=O)CCCO[C@@H]3OC(CO)[C@H](O)C(O)[C@@H]3C)CN2C(=O)CCCO[C@@H]2OC(CO)[C@H](O)C(O)[C@@H]2C)CN1C(=O)CCCO[C@@H]1OC(CO)[C@H](O)C(O)[C@@H]1C. The second-order valence-corrected chi connectivity index (χ2v) is 26.7. The number of phosphoric acid groups is 1. The van der Waals surface area contributed by atoms with Crippen molar-refractivity contribution in [1.82, 2.24) is 14.7 Å². The number of amides is 3. The number of aliphatic hydroxyl groups excluding tert-OH is 10. The number of carbonyl (C=O) groups is 3. The third-order valence-corrected chi connectivity index (χ3v) is 18.6. The number of β-amino-alcohol motifs (C(OH)–C–C–N with tert-alkyl or cyclic N) is 1. The van der Waals surface area contributed by atoms with Crippen LogP contribution in [0.25, 0.3) is 0 Å². The summed E-state index contributed by atoms with van der Waals surface area (Å²) in [5.41, 5.74) is 0. The third-order valence-electron chi connectivity index (χ3n) is 16.3. The van der Waals surface area contributed by atoms with Gasteiger partial charge in [0.05, 0.1) is 120 Å². The molecular formula is C52H93N3O27P2. The fourth-order valence-corrected chi connectivity index (χ4v) is 13.5. The Hall–Kier alpha value is -2.01. The van der Waals surface area contributed by atoms with Crippen LogP contribution in [0.4, 0.5) is 0 Å². The first-order valence-corrected chi connectivity index (χ1v) is 32.6. The highest BCUT2D eigenvalue weighted by Crippen LogP contribution is 2.50. The summed E-state index contributed by atoms with van der Waals surface area (Å²) in [4.78, 5) is 56.4. The van der Waals surface area contributed by atoms with Crippen LogP contribution in [0.5, 0.6) is 0 Å². The first-order valence-electron chi connectivity index (χ1n) is 29.1. The van der Waals surface area contributed by atoms with E-state index in [-0.39, 0.29) is 122 Å². The Morgan fingerprint density at radius 2 is 0.881 bits per heavy atom. The molecule has 3 amide bonds. The molecule has 30 nitrogen and oxygen atoms in total. The van der Waals surface area contributed by atoms with Crippen LogP contribution < -0.4 is 0 Å². The maximum atomic E-state index is 14.2. The van der Waals surface area contributed by atoms with Crippen LogP contribution in [-0.4, -0.2) is 290 Å². The number of carbonyl (C=O) groups excluding carboxylic acids is 3. The second kappa shape index (κ2) is 32.6. The molecule has 8 unspecified atom stereocenters. The molecule has 0 aromatic carbocycles. The van der Waals surface area contributed by atoms with Gasteiger partial charge in [0.15, 0.2) is 18.9 Å². The Bertz CT molecular complexity index is 2160. The second-order valence-electron chi connectivity index (χ2n) is 23.2. The van der Waals surface area contributed by atoms with Gasteiger partial charge in [-0.2, -0.15) is 0 Å². The van der Waals surface area contributed by atoms with Gasteiger partial charge < -0.3 is 113 Å². The molecule has 0 aliphatic carbocycles. The van der Waals surface area contributed by atoms with Gasteiger partial charge in [0, 0.05) is 63.3 Å². The highest BCUT2D eigenvalue weighted by atomic mass is 31.2. The number of ether oxygens (including phenoxy) is 7. The molecule has 6 saturated heterocycles. The van der Waals surface area contributed by atoms with E-state index in [0.717, 1.165) is 0 Å². The fourth-order valence-electron chi connectivity index (χ4n) is 11.3. The van der Waals surface area contributed by atoms with Crippen molar-refractivity contribution in [3.63, 3.8) is 0 Å². The number of likely N-dealkylation sites (tertiary alicyclic amines) is 3. The average Bonchev–Trinajstić information content (AvgIpc) is 4.32. The van der Waals surface area contributed by atoms with Crippen molar-refractivity contribution < 1.29 is 131 Å². The molecular weight excluding hydrogens is 1160 g/mol. The molecule has 84 heavy (non-hydrogen) atoms. The van der Waals surface area contributed by atoms with Crippen LogP contribution in [0.2, 0.25) is 0 Å². The summed E-state index contributed by atoms with van der Waals surface area (Å²) in [6.07, 6.45) is -16.2. The Morgan fingerprint density at radius 3 is 1.27 bits per heavy atom. The molecule has 11 N–H and O–H groups in total. The lowest BCUT2D eigenvalue weighted by molar-refractivity contribution is -0.282. The van der Waals surface area contributed by atoms with Crippen LogP contribution in [0, 0.1) is 17.8 Å². The molecule has 0 saturated carbocycles. The molecule has 0 radical (unpaired) electrons. The van der Waals surface area contributed by atoms with Gasteiger partial charge in [-0.15, -0.1) is 0 Å². The van der Waals surface area contributed by atoms with Gasteiger partial charge in [-0.05, 0) is 52.4 Å². The van der Waals surface area contributed by atoms with Crippen molar-refractivity contribution in [3.8, 4) is 0 Å². The minimum absolute atomic E-state index is 0.00302. The molecule has 0 spiro atoms. The standard InChI is InChI=1S/C52H93N3O27P2/c1-28(2)75-25-33-17-36(20-54(33)42(61)11-8-14-73-51-30(4)45(64)48(67)39(23-57)79-51)81-83(6,69)76-26-34-18-37(21-55(34)43(62)12-9-15-74-52-31(5)46(65)49(68)40(24-58)80-52)82-84(70,71)77-27-32-16-35(59)19-53(32)41(60)10-7-13-72-50-29(3)44(63)47(66)38(22-56)78-50/h28-40,44-52,56-59,63-68H,7-27H2,1-6H3,(H,70,71)/t29-,30-,31-,32-,33-,34-,35+,36+,37+,38?,39?,40?,44?,45?,46?,47-,48-,49-,50+,51+,52+,83?/m0/s1. The summed E-state index contributed by atoms with van der Waals surface area (Å²) < 4.78 is 90.9. The van der Waals surface area contributed by atoms with E-state index in [1.165, 1.54) is 16.5 Å². The van der Waals surface area contributed by atoms with Gasteiger partial charge in [-0.1, -0.05) is 20.8 Å². The molecule has 6 fully saturated rings. The van der Waals surface area contributed by atoms with Crippen LogP contribution in [0.15, 0.2) is 0 Å². The van der Waals surface area contributed by atoms with Crippen LogP contribution >= 0.6 is 15.4 Å². The lowest BCUT2D eigenvalue weighted by atomic mass is 9.92. The van der Waals surface area contributed by atoms with Crippen molar-refractivity contribution in [1.29, 1.82) is 0 Å². The van der Waals surface area contributed by atoms with E-state index >= 15 is 0 Å². The molecule has 0 aromatic rings. The summed E-state index contributed by atoms with van der Waals surface area (Å²) in [5, 5.41) is 101. The average molecular weight is 1250 g/mol. The lowest BCUT2D eigenvalue weighted by Crippen LogP contribution is -2.55. The summed E-state index contributed by atoms with van der Waals surface area (Å²) in [6.45, 7) is 7.06. The maximum Gasteiger partial charge on any atom is 0.472 e. The van der Waals surface area contributed by atoms with Crippen molar-refractivity contribution in [2.45, 2.75) is 209 Å². The molecule has 23 atom stereocenters. The molecule has 6 rings (SSSR count). The third kappa shape index (κ3) is 19.5.